The molecule has 0 aromatic heterocycles. The summed E-state index contributed by atoms with van der Waals surface area (Å²) < 4.78 is 0. The summed E-state index contributed by atoms with van der Waals surface area (Å²) in [6, 6.07) is 10.8. The maximum atomic E-state index is 12.6. The molecule has 98 valence electrons. The first kappa shape index (κ1) is 13.1. The first-order chi connectivity index (χ1) is 8.52. The fraction of sp³-hybridized carbons (Fsp3) is 0.562. The molecule has 0 spiro atoms. The third-order valence-corrected chi connectivity index (χ3v) is 4.37. The van der Waals surface area contributed by atoms with Crippen molar-refractivity contribution >= 4 is 5.91 Å². The number of benzene rings is 1. The van der Waals surface area contributed by atoms with Crippen molar-refractivity contribution in [1.29, 1.82) is 0 Å². The number of hydrogen-bond acceptors (Lipinski definition) is 1. The third-order valence-electron chi connectivity index (χ3n) is 4.37. The molecule has 1 aliphatic heterocycles. The Hall–Kier alpha value is -1.31. The minimum atomic E-state index is -0.0404. The molecule has 4 unspecified atom stereocenters. The van der Waals surface area contributed by atoms with Gasteiger partial charge in [-0.1, -0.05) is 37.3 Å². The van der Waals surface area contributed by atoms with Crippen LogP contribution in [0.3, 0.4) is 0 Å². The van der Waals surface area contributed by atoms with Gasteiger partial charge in [-0.05, 0) is 38.7 Å². The van der Waals surface area contributed by atoms with Gasteiger partial charge in [0.15, 0.2) is 0 Å². The molecule has 1 heterocycles. The van der Waals surface area contributed by atoms with E-state index in [-0.39, 0.29) is 11.8 Å². The first-order valence-corrected chi connectivity index (χ1v) is 6.89. The number of amides is 1. The van der Waals surface area contributed by atoms with Crippen molar-refractivity contribution in [3.05, 3.63) is 35.9 Å². The van der Waals surface area contributed by atoms with Crippen molar-refractivity contribution in [2.24, 2.45) is 5.92 Å². The van der Waals surface area contributed by atoms with Gasteiger partial charge in [-0.15, -0.1) is 0 Å². The van der Waals surface area contributed by atoms with Gasteiger partial charge >= 0.3 is 0 Å². The Bertz CT molecular complexity index is 414. The third kappa shape index (κ3) is 2.29. The molecule has 1 amide bonds. The Morgan fingerprint density at radius 2 is 1.83 bits per heavy atom. The molecule has 0 aliphatic carbocycles. The molecule has 0 bridgehead atoms. The number of nitrogens with zero attached hydrogens (tertiary/aromatic N) is 1. The lowest BCUT2D eigenvalue weighted by atomic mass is 9.99. The Balaban J connectivity index is 2.17. The van der Waals surface area contributed by atoms with E-state index in [2.05, 4.69) is 25.7 Å². The summed E-state index contributed by atoms with van der Waals surface area (Å²) in [5, 5.41) is 0. The Morgan fingerprint density at radius 3 is 2.33 bits per heavy atom. The average Bonchev–Trinajstić information content (AvgIpc) is 2.63. The van der Waals surface area contributed by atoms with Crippen LogP contribution in [0.1, 0.15) is 45.6 Å². The summed E-state index contributed by atoms with van der Waals surface area (Å²) in [4.78, 5) is 14.7. The van der Waals surface area contributed by atoms with Crippen molar-refractivity contribution in [3.8, 4) is 0 Å². The van der Waals surface area contributed by atoms with Gasteiger partial charge in [0.05, 0.1) is 5.92 Å². The number of likely N-dealkylation sites (tertiary alicyclic amines) is 1. The largest absolute Gasteiger partial charge is 0.336 e. The van der Waals surface area contributed by atoms with Crippen LogP contribution in [0, 0.1) is 5.92 Å². The van der Waals surface area contributed by atoms with E-state index in [4.69, 9.17) is 0 Å². The molecule has 1 saturated heterocycles. The highest BCUT2D eigenvalue weighted by molar-refractivity contribution is 5.84. The fourth-order valence-corrected chi connectivity index (χ4v) is 3.05. The molecule has 2 rings (SSSR count). The second-order valence-corrected chi connectivity index (χ2v) is 5.68. The van der Waals surface area contributed by atoms with E-state index in [1.165, 1.54) is 0 Å². The smallest absolute Gasteiger partial charge is 0.230 e. The van der Waals surface area contributed by atoms with Crippen LogP contribution in [-0.2, 0) is 4.79 Å². The van der Waals surface area contributed by atoms with Gasteiger partial charge in [0.25, 0.3) is 0 Å². The van der Waals surface area contributed by atoms with Crippen molar-refractivity contribution in [1.82, 2.24) is 4.90 Å². The molecular weight excluding hydrogens is 222 g/mol. The van der Waals surface area contributed by atoms with Crippen molar-refractivity contribution in [2.75, 3.05) is 0 Å². The molecule has 2 heteroatoms. The monoisotopic (exact) mass is 245 g/mol. The molecule has 1 aliphatic rings. The van der Waals surface area contributed by atoms with Crippen molar-refractivity contribution < 1.29 is 4.79 Å². The molecule has 4 atom stereocenters. The van der Waals surface area contributed by atoms with Crippen LogP contribution < -0.4 is 0 Å². The van der Waals surface area contributed by atoms with Crippen molar-refractivity contribution in [3.63, 3.8) is 0 Å². The van der Waals surface area contributed by atoms with Crippen LogP contribution in [0.2, 0.25) is 0 Å². The molecular formula is C16H23NO. The number of rotatable bonds is 2. The van der Waals surface area contributed by atoms with E-state index in [1.807, 2.05) is 37.3 Å². The van der Waals surface area contributed by atoms with E-state index in [0.717, 1.165) is 12.0 Å². The van der Waals surface area contributed by atoms with E-state index in [9.17, 15) is 4.79 Å². The summed E-state index contributed by atoms with van der Waals surface area (Å²) in [6.45, 7) is 8.58. The molecule has 2 nitrogen and oxygen atoms in total. The minimum Gasteiger partial charge on any atom is -0.336 e. The molecule has 18 heavy (non-hydrogen) atoms. The zero-order chi connectivity index (χ0) is 13.3. The second-order valence-electron chi connectivity index (χ2n) is 5.68. The summed E-state index contributed by atoms with van der Waals surface area (Å²) in [7, 11) is 0. The molecule has 1 fully saturated rings. The topological polar surface area (TPSA) is 20.3 Å². The molecule has 1 aromatic carbocycles. The lowest BCUT2D eigenvalue weighted by molar-refractivity contribution is -0.135. The van der Waals surface area contributed by atoms with Crippen LogP contribution in [0.4, 0.5) is 0 Å². The number of hydrogen-bond donors (Lipinski definition) is 0. The highest BCUT2D eigenvalue weighted by Gasteiger charge is 2.38. The predicted octanol–water partition coefficient (Wildman–Crippen LogP) is 3.44. The van der Waals surface area contributed by atoms with Crippen LogP contribution in [-0.4, -0.2) is 22.9 Å². The SMILES string of the molecule is CC(C(=O)N1C(C)CC(C)C1C)c1ccccc1. The normalized spacial score (nSPS) is 29.3. The van der Waals surface area contributed by atoms with Gasteiger partial charge in [0.1, 0.15) is 0 Å². The molecule has 0 radical (unpaired) electrons. The lowest BCUT2D eigenvalue weighted by Crippen LogP contribution is -2.41. The summed E-state index contributed by atoms with van der Waals surface area (Å²) in [5.41, 5.74) is 1.11. The Morgan fingerprint density at radius 1 is 1.22 bits per heavy atom. The van der Waals surface area contributed by atoms with Crippen LogP contribution in [0.5, 0.6) is 0 Å². The Kier molecular flexibility index (Phi) is 3.74. The van der Waals surface area contributed by atoms with Gasteiger partial charge in [0.2, 0.25) is 5.91 Å². The predicted molar refractivity (Wildman–Crippen MR) is 74.4 cm³/mol. The number of carbonyl (C=O) groups is 1. The zero-order valence-electron chi connectivity index (χ0n) is 11.8. The van der Waals surface area contributed by atoms with E-state index < -0.39 is 0 Å². The average molecular weight is 245 g/mol. The zero-order valence-corrected chi connectivity index (χ0v) is 11.8. The quantitative estimate of drug-likeness (QED) is 0.781. The van der Waals surface area contributed by atoms with Crippen molar-refractivity contribution in [2.45, 2.75) is 52.1 Å². The summed E-state index contributed by atoms with van der Waals surface area (Å²) >= 11 is 0. The molecule has 0 N–H and O–H groups in total. The maximum absolute atomic E-state index is 12.6. The molecule has 1 aromatic rings. The van der Waals surface area contributed by atoms with E-state index >= 15 is 0 Å². The highest BCUT2D eigenvalue weighted by Crippen LogP contribution is 2.32. The number of carbonyl (C=O) groups excluding carboxylic acids is 1. The summed E-state index contributed by atoms with van der Waals surface area (Å²) in [6.07, 6.45) is 1.12. The van der Waals surface area contributed by atoms with Crippen LogP contribution in [0.25, 0.3) is 0 Å². The van der Waals surface area contributed by atoms with Crippen LogP contribution in [0.15, 0.2) is 30.3 Å². The molecule has 0 saturated carbocycles. The van der Waals surface area contributed by atoms with Gasteiger partial charge in [0, 0.05) is 12.1 Å². The second kappa shape index (κ2) is 5.13. The minimum absolute atomic E-state index is 0.0404. The maximum Gasteiger partial charge on any atom is 0.230 e. The van der Waals surface area contributed by atoms with Gasteiger partial charge < -0.3 is 4.90 Å². The lowest BCUT2D eigenvalue weighted by Gasteiger charge is -2.30. The van der Waals surface area contributed by atoms with Gasteiger partial charge in [-0.3, -0.25) is 4.79 Å². The standard InChI is InChI=1S/C16H23NO/c1-11-10-12(2)17(14(11)4)16(18)13(3)15-8-6-5-7-9-15/h5-9,11-14H,10H2,1-4H3. The van der Waals surface area contributed by atoms with Gasteiger partial charge in [-0.2, -0.15) is 0 Å². The van der Waals surface area contributed by atoms with Gasteiger partial charge in [-0.25, -0.2) is 0 Å². The first-order valence-electron chi connectivity index (χ1n) is 6.89. The fourth-order valence-electron chi connectivity index (χ4n) is 3.05. The summed E-state index contributed by atoms with van der Waals surface area (Å²) in [5.74, 6) is 0.832. The van der Waals surface area contributed by atoms with E-state index in [1.54, 1.807) is 0 Å². The Labute approximate surface area is 110 Å². The van der Waals surface area contributed by atoms with E-state index in [0.29, 0.717) is 18.0 Å². The van der Waals surface area contributed by atoms with Crippen LogP contribution >= 0.6 is 0 Å². The highest BCUT2D eigenvalue weighted by atomic mass is 16.2.